The minimum absolute atomic E-state index is 0.505. The highest BCUT2D eigenvalue weighted by Crippen LogP contribution is 2.36. The molecule has 94 valence electrons. The molecule has 2 heterocycles. The minimum atomic E-state index is 0.505. The molecule has 2 rings (SSSR count). The first kappa shape index (κ1) is 12.4. The van der Waals surface area contributed by atoms with Gasteiger partial charge in [0.15, 0.2) is 0 Å². The molecule has 0 spiro atoms. The Bertz CT molecular complexity index is 211. The Morgan fingerprint density at radius 3 is 2.19 bits per heavy atom. The number of hydrogen-bond acceptors (Lipinski definition) is 2. The third-order valence-electron chi connectivity index (χ3n) is 4.96. The van der Waals surface area contributed by atoms with Crippen LogP contribution in [0.15, 0.2) is 0 Å². The van der Waals surface area contributed by atoms with Crippen molar-refractivity contribution in [3.8, 4) is 0 Å². The molecule has 2 aliphatic rings. The standard InChI is InChI=1S/C14H28N2/c1-12(2)14(6-8-15-9-7-14)16-10-4-13(3)5-11-16/h12-13,15H,4-11H2,1-3H3. The van der Waals surface area contributed by atoms with Crippen molar-refractivity contribution in [3.05, 3.63) is 0 Å². The summed E-state index contributed by atoms with van der Waals surface area (Å²) in [5.41, 5.74) is 0.505. The van der Waals surface area contributed by atoms with E-state index in [-0.39, 0.29) is 0 Å². The first-order valence-electron chi connectivity index (χ1n) is 7.11. The van der Waals surface area contributed by atoms with Gasteiger partial charge in [0.05, 0.1) is 0 Å². The second-order valence-corrected chi connectivity index (χ2v) is 6.18. The average molecular weight is 224 g/mol. The zero-order valence-corrected chi connectivity index (χ0v) is 11.3. The smallest absolute Gasteiger partial charge is 0.0256 e. The summed E-state index contributed by atoms with van der Waals surface area (Å²) in [5, 5.41) is 3.52. The molecule has 2 fully saturated rings. The summed E-state index contributed by atoms with van der Waals surface area (Å²) < 4.78 is 0. The first-order chi connectivity index (χ1) is 7.65. The molecule has 0 aromatic heterocycles. The lowest BCUT2D eigenvalue weighted by Gasteiger charge is -2.52. The van der Waals surface area contributed by atoms with E-state index >= 15 is 0 Å². The van der Waals surface area contributed by atoms with E-state index in [4.69, 9.17) is 0 Å². The van der Waals surface area contributed by atoms with Crippen LogP contribution >= 0.6 is 0 Å². The molecule has 1 N–H and O–H groups in total. The lowest BCUT2D eigenvalue weighted by molar-refractivity contribution is -0.00614. The molecular weight excluding hydrogens is 196 g/mol. The predicted octanol–water partition coefficient (Wildman–Crippen LogP) is 2.50. The van der Waals surface area contributed by atoms with Gasteiger partial charge in [-0.2, -0.15) is 0 Å². The number of nitrogens with zero attached hydrogens (tertiary/aromatic N) is 1. The third-order valence-corrected chi connectivity index (χ3v) is 4.96. The second kappa shape index (κ2) is 5.05. The van der Waals surface area contributed by atoms with Gasteiger partial charge in [0.2, 0.25) is 0 Å². The van der Waals surface area contributed by atoms with Gasteiger partial charge in [0.1, 0.15) is 0 Å². The fourth-order valence-corrected chi connectivity index (χ4v) is 3.57. The molecule has 16 heavy (non-hydrogen) atoms. The summed E-state index contributed by atoms with van der Waals surface area (Å²) in [4.78, 5) is 2.82. The van der Waals surface area contributed by atoms with E-state index in [1.54, 1.807) is 0 Å². The van der Waals surface area contributed by atoms with Crippen LogP contribution in [0.1, 0.15) is 46.5 Å². The van der Waals surface area contributed by atoms with E-state index in [2.05, 4.69) is 31.0 Å². The van der Waals surface area contributed by atoms with Gasteiger partial charge in [-0.3, -0.25) is 4.90 Å². The summed E-state index contributed by atoms with van der Waals surface area (Å²) in [6.07, 6.45) is 5.50. The lowest BCUT2D eigenvalue weighted by Crippen LogP contribution is -2.59. The molecule has 2 nitrogen and oxygen atoms in total. The van der Waals surface area contributed by atoms with E-state index in [1.807, 2.05) is 0 Å². The summed E-state index contributed by atoms with van der Waals surface area (Å²) in [6.45, 7) is 12.3. The average Bonchev–Trinajstić information content (AvgIpc) is 2.30. The van der Waals surface area contributed by atoms with Crippen LogP contribution in [0.4, 0.5) is 0 Å². The van der Waals surface area contributed by atoms with Crippen molar-refractivity contribution in [2.24, 2.45) is 11.8 Å². The molecule has 0 unspecified atom stereocenters. The van der Waals surface area contributed by atoms with Crippen LogP contribution < -0.4 is 5.32 Å². The quantitative estimate of drug-likeness (QED) is 0.775. The third kappa shape index (κ3) is 2.28. The van der Waals surface area contributed by atoms with Crippen molar-refractivity contribution in [1.82, 2.24) is 10.2 Å². The SMILES string of the molecule is CC1CCN(C2(C(C)C)CCNCC2)CC1. The molecule has 0 aromatic rings. The molecule has 0 radical (unpaired) electrons. The number of likely N-dealkylation sites (tertiary alicyclic amines) is 1. The Balaban J connectivity index is 2.06. The predicted molar refractivity (Wildman–Crippen MR) is 69.6 cm³/mol. The maximum atomic E-state index is 3.52. The molecule has 2 saturated heterocycles. The van der Waals surface area contributed by atoms with Gasteiger partial charge in [-0.1, -0.05) is 20.8 Å². The minimum Gasteiger partial charge on any atom is -0.317 e. The van der Waals surface area contributed by atoms with Crippen molar-refractivity contribution < 1.29 is 0 Å². The molecule has 0 aromatic carbocycles. The van der Waals surface area contributed by atoms with Gasteiger partial charge in [0, 0.05) is 5.54 Å². The highest BCUT2D eigenvalue weighted by Gasteiger charge is 2.41. The van der Waals surface area contributed by atoms with Gasteiger partial charge < -0.3 is 5.32 Å². The maximum absolute atomic E-state index is 3.52. The molecule has 2 aliphatic heterocycles. The molecular formula is C14H28N2. The van der Waals surface area contributed by atoms with Crippen LogP contribution in [-0.4, -0.2) is 36.6 Å². The van der Waals surface area contributed by atoms with Crippen LogP contribution in [0.25, 0.3) is 0 Å². The molecule has 0 atom stereocenters. The summed E-state index contributed by atoms with van der Waals surface area (Å²) in [5.74, 6) is 1.74. The van der Waals surface area contributed by atoms with Gasteiger partial charge >= 0.3 is 0 Å². The van der Waals surface area contributed by atoms with Crippen molar-refractivity contribution >= 4 is 0 Å². The first-order valence-corrected chi connectivity index (χ1v) is 7.11. The second-order valence-electron chi connectivity index (χ2n) is 6.18. The zero-order chi connectivity index (χ0) is 11.6. The Kier molecular flexibility index (Phi) is 3.91. The normalized spacial score (nSPS) is 28.5. The highest BCUT2D eigenvalue weighted by atomic mass is 15.2. The van der Waals surface area contributed by atoms with Gasteiger partial charge in [-0.25, -0.2) is 0 Å². The highest BCUT2D eigenvalue weighted by molar-refractivity contribution is 4.98. The fraction of sp³-hybridized carbons (Fsp3) is 1.00. The Morgan fingerprint density at radius 2 is 1.69 bits per heavy atom. The molecule has 2 heteroatoms. The lowest BCUT2D eigenvalue weighted by atomic mass is 9.75. The van der Waals surface area contributed by atoms with Crippen molar-refractivity contribution in [1.29, 1.82) is 0 Å². The van der Waals surface area contributed by atoms with Crippen LogP contribution in [0.3, 0.4) is 0 Å². The molecule has 0 aliphatic carbocycles. The van der Waals surface area contributed by atoms with Crippen molar-refractivity contribution in [2.45, 2.75) is 52.0 Å². The Labute approximate surface area is 101 Å². The van der Waals surface area contributed by atoms with Gasteiger partial charge in [0.25, 0.3) is 0 Å². The number of hydrogen-bond donors (Lipinski definition) is 1. The van der Waals surface area contributed by atoms with E-state index in [0.717, 1.165) is 11.8 Å². The maximum Gasteiger partial charge on any atom is 0.0256 e. The number of nitrogens with one attached hydrogen (secondary N) is 1. The van der Waals surface area contributed by atoms with Crippen LogP contribution in [-0.2, 0) is 0 Å². The van der Waals surface area contributed by atoms with Crippen LogP contribution in [0.5, 0.6) is 0 Å². The van der Waals surface area contributed by atoms with E-state index < -0.39 is 0 Å². The van der Waals surface area contributed by atoms with Crippen molar-refractivity contribution in [2.75, 3.05) is 26.2 Å². The van der Waals surface area contributed by atoms with E-state index in [9.17, 15) is 0 Å². The molecule has 0 bridgehead atoms. The number of piperidine rings is 2. The van der Waals surface area contributed by atoms with Crippen LogP contribution in [0, 0.1) is 11.8 Å². The topological polar surface area (TPSA) is 15.3 Å². The zero-order valence-electron chi connectivity index (χ0n) is 11.3. The Morgan fingerprint density at radius 1 is 1.12 bits per heavy atom. The number of rotatable bonds is 2. The van der Waals surface area contributed by atoms with Crippen LogP contribution in [0.2, 0.25) is 0 Å². The largest absolute Gasteiger partial charge is 0.317 e. The van der Waals surface area contributed by atoms with Gasteiger partial charge in [-0.05, 0) is 63.7 Å². The Hall–Kier alpha value is -0.0800. The molecule has 0 saturated carbocycles. The fourth-order valence-electron chi connectivity index (χ4n) is 3.57. The summed E-state index contributed by atoms with van der Waals surface area (Å²) in [7, 11) is 0. The molecule has 0 amide bonds. The monoisotopic (exact) mass is 224 g/mol. The van der Waals surface area contributed by atoms with E-state index in [0.29, 0.717) is 5.54 Å². The van der Waals surface area contributed by atoms with E-state index in [1.165, 1.54) is 51.9 Å². The summed E-state index contributed by atoms with van der Waals surface area (Å²) >= 11 is 0. The van der Waals surface area contributed by atoms with Gasteiger partial charge in [-0.15, -0.1) is 0 Å². The van der Waals surface area contributed by atoms with Crippen molar-refractivity contribution in [3.63, 3.8) is 0 Å². The summed E-state index contributed by atoms with van der Waals surface area (Å²) in [6, 6.07) is 0.